The molecule has 1 fully saturated rings. The van der Waals surface area contributed by atoms with Gasteiger partial charge in [-0.05, 0) is 38.0 Å². The van der Waals surface area contributed by atoms with Crippen molar-refractivity contribution < 1.29 is 5.11 Å². The van der Waals surface area contributed by atoms with Crippen LogP contribution in [-0.2, 0) is 0 Å². The molecule has 1 atom stereocenters. The molecule has 1 rings (SSSR count). The number of aliphatic hydroxyl groups excluding tert-OH is 1. The average Bonchev–Trinajstić information content (AvgIpc) is 1.95. The number of nitrogens with one attached hydrogen (secondary N) is 1. The first-order chi connectivity index (χ1) is 6.13. The molecule has 0 saturated heterocycles. The molecule has 13 heavy (non-hydrogen) atoms. The number of hydrogen-bond donors (Lipinski definition) is 2. The van der Waals surface area contributed by atoms with E-state index < -0.39 is 0 Å². The summed E-state index contributed by atoms with van der Waals surface area (Å²) in [5.41, 5.74) is 0. The van der Waals surface area contributed by atoms with Gasteiger partial charge in [-0.25, -0.2) is 0 Å². The van der Waals surface area contributed by atoms with Crippen molar-refractivity contribution in [3.63, 3.8) is 0 Å². The van der Waals surface area contributed by atoms with Crippen molar-refractivity contribution in [1.82, 2.24) is 5.32 Å². The maximum Gasteiger partial charge on any atom is 0.0445 e. The molecule has 0 aliphatic heterocycles. The summed E-state index contributed by atoms with van der Waals surface area (Å²) in [6.45, 7) is 7.06. The fourth-order valence-electron chi connectivity index (χ4n) is 2.02. The lowest BCUT2D eigenvalue weighted by atomic mass is 9.73. The molecular weight excluding hydrogens is 162 g/mol. The van der Waals surface area contributed by atoms with Crippen LogP contribution in [0.1, 0.15) is 40.0 Å². The predicted octanol–water partition coefficient (Wildman–Crippen LogP) is 1.78. The third-order valence-corrected chi connectivity index (χ3v) is 3.20. The summed E-state index contributed by atoms with van der Waals surface area (Å²) in [5.74, 6) is 1.77. The van der Waals surface area contributed by atoms with Gasteiger partial charge in [0.25, 0.3) is 0 Å². The molecule has 0 bridgehead atoms. The number of hydrogen-bond acceptors (Lipinski definition) is 2. The van der Waals surface area contributed by atoms with Crippen molar-refractivity contribution in [3.8, 4) is 0 Å². The Bertz CT molecular complexity index is 141. The zero-order valence-electron chi connectivity index (χ0n) is 9.09. The van der Waals surface area contributed by atoms with Crippen LogP contribution in [0.25, 0.3) is 0 Å². The van der Waals surface area contributed by atoms with E-state index in [1.54, 1.807) is 0 Å². The third-order valence-electron chi connectivity index (χ3n) is 3.20. The predicted molar refractivity (Wildman–Crippen MR) is 55.7 cm³/mol. The van der Waals surface area contributed by atoms with E-state index in [1.165, 1.54) is 12.8 Å². The minimum absolute atomic E-state index is 0.300. The summed E-state index contributed by atoms with van der Waals surface area (Å²) in [6, 6.07) is 1.19. The molecule has 1 unspecified atom stereocenters. The molecule has 2 heteroatoms. The first kappa shape index (κ1) is 11.0. The fourth-order valence-corrected chi connectivity index (χ4v) is 2.02. The van der Waals surface area contributed by atoms with Crippen LogP contribution in [0.5, 0.6) is 0 Å². The van der Waals surface area contributed by atoms with Gasteiger partial charge in [-0.3, -0.25) is 0 Å². The van der Waals surface area contributed by atoms with Crippen molar-refractivity contribution in [3.05, 3.63) is 0 Å². The second kappa shape index (κ2) is 4.97. The second-order valence-corrected chi connectivity index (χ2v) is 4.75. The minimum Gasteiger partial charge on any atom is -0.396 e. The van der Waals surface area contributed by atoms with Gasteiger partial charge >= 0.3 is 0 Å². The second-order valence-electron chi connectivity index (χ2n) is 4.75. The van der Waals surface area contributed by atoms with Gasteiger partial charge < -0.3 is 10.4 Å². The molecule has 0 amide bonds. The highest BCUT2D eigenvalue weighted by molar-refractivity contribution is 4.87. The summed E-state index contributed by atoms with van der Waals surface area (Å²) in [4.78, 5) is 0. The van der Waals surface area contributed by atoms with Gasteiger partial charge in [0.05, 0.1) is 0 Å². The highest BCUT2D eigenvalue weighted by Gasteiger charge is 2.31. The Kier molecular flexibility index (Phi) is 4.20. The lowest BCUT2D eigenvalue weighted by molar-refractivity contribution is 0.152. The molecule has 78 valence electrons. The van der Waals surface area contributed by atoms with E-state index in [9.17, 15) is 0 Å². The van der Waals surface area contributed by atoms with E-state index in [-0.39, 0.29) is 0 Å². The highest BCUT2D eigenvalue weighted by atomic mass is 16.3. The average molecular weight is 185 g/mol. The molecule has 2 nitrogen and oxygen atoms in total. The summed E-state index contributed by atoms with van der Waals surface area (Å²) in [6.07, 6.45) is 3.53. The topological polar surface area (TPSA) is 32.3 Å². The quantitative estimate of drug-likeness (QED) is 0.684. The molecule has 0 aromatic heterocycles. The van der Waals surface area contributed by atoms with Gasteiger partial charge in [-0.15, -0.1) is 0 Å². The Balaban J connectivity index is 2.07. The molecule has 1 saturated carbocycles. The van der Waals surface area contributed by atoms with Gasteiger partial charge in [0.15, 0.2) is 0 Å². The zero-order valence-corrected chi connectivity index (χ0v) is 9.09. The van der Waals surface area contributed by atoms with E-state index in [4.69, 9.17) is 5.11 Å². The zero-order chi connectivity index (χ0) is 9.84. The molecule has 0 radical (unpaired) electrons. The summed E-state index contributed by atoms with van der Waals surface area (Å²) < 4.78 is 0. The first-order valence-corrected chi connectivity index (χ1v) is 5.50. The van der Waals surface area contributed by atoms with Crippen molar-refractivity contribution >= 4 is 0 Å². The summed E-state index contributed by atoms with van der Waals surface area (Å²) >= 11 is 0. The van der Waals surface area contributed by atoms with Crippen LogP contribution < -0.4 is 5.32 Å². The Morgan fingerprint density at radius 3 is 2.38 bits per heavy atom. The molecule has 0 aromatic carbocycles. The molecule has 2 N–H and O–H groups in total. The van der Waals surface area contributed by atoms with Crippen molar-refractivity contribution in [1.29, 1.82) is 0 Å². The third kappa shape index (κ3) is 3.28. The fraction of sp³-hybridized carbons (Fsp3) is 1.00. The van der Waals surface area contributed by atoms with Crippen LogP contribution in [0.2, 0.25) is 0 Å². The van der Waals surface area contributed by atoms with Crippen LogP contribution in [0, 0.1) is 11.8 Å². The SMILES string of the molecule is CC(CCO)NC1CC(C(C)C)C1. The molecule has 0 spiro atoms. The standard InChI is InChI=1S/C11H23NO/c1-8(2)10-6-11(7-10)12-9(3)4-5-13/h8-13H,4-7H2,1-3H3. The van der Waals surface area contributed by atoms with Crippen LogP contribution in [0.4, 0.5) is 0 Å². The Morgan fingerprint density at radius 2 is 1.92 bits per heavy atom. The van der Waals surface area contributed by atoms with Gasteiger partial charge in [0.2, 0.25) is 0 Å². The Labute approximate surface area is 81.7 Å². The molecule has 1 aliphatic rings. The van der Waals surface area contributed by atoms with Crippen LogP contribution in [0.15, 0.2) is 0 Å². The lowest BCUT2D eigenvalue weighted by Gasteiger charge is -2.40. The molecule has 1 aliphatic carbocycles. The van der Waals surface area contributed by atoms with Crippen molar-refractivity contribution in [2.24, 2.45) is 11.8 Å². The van der Waals surface area contributed by atoms with E-state index >= 15 is 0 Å². The number of aliphatic hydroxyl groups is 1. The van der Waals surface area contributed by atoms with Crippen LogP contribution in [-0.4, -0.2) is 23.8 Å². The smallest absolute Gasteiger partial charge is 0.0445 e. The van der Waals surface area contributed by atoms with Gasteiger partial charge in [0.1, 0.15) is 0 Å². The molecule has 0 aromatic rings. The van der Waals surface area contributed by atoms with Crippen LogP contribution in [0.3, 0.4) is 0 Å². The van der Waals surface area contributed by atoms with E-state index in [0.717, 1.165) is 18.3 Å². The lowest BCUT2D eigenvalue weighted by Crippen LogP contribution is -2.46. The summed E-state index contributed by atoms with van der Waals surface area (Å²) in [7, 11) is 0. The van der Waals surface area contributed by atoms with E-state index in [1.807, 2.05) is 0 Å². The van der Waals surface area contributed by atoms with Crippen LogP contribution >= 0.6 is 0 Å². The van der Waals surface area contributed by atoms with Gasteiger partial charge in [-0.2, -0.15) is 0 Å². The Morgan fingerprint density at radius 1 is 1.31 bits per heavy atom. The van der Waals surface area contributed by atoms with E-state index in [0.29, 0.717) is 18.7 Å². The maximum absolute atomic E-state index is 8.74. The highest BCUT2D eigenvalue weighted by Crippen LogP contribution is 2.33. The largest absolute Gasteiger partial charge is 0.396 e. The Hall–Kier alpha value is -0.0800. The summed E-state index contributed by atoms with van der Waals surface area (Å²) in [5, 5.41) is 12.3. The number of rotatable bonds is 5. The molecular formula is C11H23NO. The monoisotopic (exact) mass is 185 g/mol. The minimum atomic E-state index is 0.300. The molecule has 0 heterocycles. The van der Waals surface area contributed by atoms with Gasteiger partial charge in [-0.1, -0.05) is 13.8 Å². The maximum atomic E-state index is 8.74. The van der Waals surface area contributed by atoms with E-state index in [2.05, 4.69) is 26.1 Å². The van der Waals surface area contributed by atoms with Gasteiger partial charge in [0, 0.05) is 18.7 Å². The van der Waals surface area contributed by atoms with Crippen molar-refractivity contribution in [2.45, 2.75) is 52.1 Å². The van der Waals surface area contributed by atoms with Crippen molar-refractivity contribution in [2.75, 3.05) is 6.61 Å². The normalized spacial score (nSPS) is 30.2. The first-order valence-electron chi connectivity index (χ1n) is 5.50.